The van der Waals surface area contributed by atoms with Crippen molar-refractivity contribution >= 4 is 23.8 Å². The highest BCUT2D eigenvalue weighted by Crippen LogP contribution is 2.27. The number of hydrogen-bond acceptors (Lipinski definition) is 3. The molecule has 26 heavy (non-hydrogen) atoms. The summed E-state index contributed by atoms with van der Waals surface area (Å²) in [6.07, 6.45) is 6.80. The van der Waals surface area contributed by atoms with Crippen molar-refractivity contribution in [1.82, 2.24) is 15.3 Å². The van der Waals surface area contributed by atoms with Crippen molar-refractivity contribution < 1.29 is 9.59 Å². The van der Waals surface area contributed by atoms with E-state index in [2.05, 4.69) is 21.9 Å². The van der Waals surface area contributed by atoms with Crippen LogP contribution in [0, 0.1) is 0 Å². The van der Waals surface area contributed by atoms with Crippen molar-refractivity contribution in [1.29, 1.82) is 0 Å². The monoisotopic (exact) mass is 347 g/mol. The summed E-state index contributed by atoms with van der Waals surface area (Å²) >= 11 is 0. The first-order valence-corrected chi connectivity index (χ1v) is 8.40. The Kier molecular flexibility index (Phi) is 4.71. The van der Waals surface area contributed by atoms with Crippen molar-refractivity contribution in [2.24, 2.45) is 0 Å². The van der Waals surface area contributed by atoms with E-state index >= 15 is 0 Å². The second-order valence-corrected chi connectivity index (χ2v) is 6.78. The maximum atomic E-state index is 12.5. The van der Waals surface area contributed by atoms with Crippen LogP contribution >= 0.6 is 0 Å². The number of ketones is 1. The third-order valence-corrected chi connectivity index (χ3v) is 4.44. The van der Waals surface area contributed by atoms with E-state index in [1.54, 1.807) is 18.5 Å². The van der Waals surface area contributed by atoms with Gasteiger partial charge in [-0.2, -0.15) is 0 Å². The van der Waals surface area contributed by atoms with Crippen molar-refractivity contribution in [3.8, 4) is 0 Å². The summed E-state index contributed by atoms with van der Waals surface area (Å²) in [5.74, 6) is -0.406. The number of Topliss-reactive ketones (excluding diaryl/α,β-unsaturated/α-hetero) is 1. The van der Waals surface area contributed by atoms with Crippen LogP contribution in [0.5, 0.6) is 0 Å². The van der Waals surface area contributed by atoms with Crippen molar-refractivity contribution in [2.45, 2.75) is 25.7 Å². The molecule has 1 fully saturated rings. The molecule has 0 atom stereocenters. The molecule has 3 rings (SSSR count). The Morgan fingerprint density at radius 1 is 1.15 bits per heavy atom. The highest BCUT2D eigenvalue weighted by atomic mass is 16.2. The quantitative estimate of drug-likeness (QED) is 0.658. The SMILES string of the molecule is C=CC(C)(C)c1[nH]cnc1/C=C1\CC(=O)/C(=C/c2ccccc2)NC1=O. The predicted molar refractivity (Wildman–Crippen MR) is 102 cm³/mol. The third kappa shape index (κ3) is 3.57. The van der Waals surface area contributed by atoms with Crippen LogP contribution < -0.4 is 5.32 Å². The van der Waals surface area contributed by atoms with E-state index in [0.29, 0.717) is 17.0 Å². The third-order valence-electron chi connectivity index (χ3n) is 4.44. The van der Waals surface area contributed by atoms with E-state index in [1.165, 1.54) is 0 Å². The number of rotatable bonds is 4. The highest BCUT2D eigenvalue weighted by molar-refractivity contribution is 6.15. The maximum Gasteiger partial charge on any atom is 0.252 e. The molecule has 0 unspecified atom stereocenters. The molecule has 132 valence electrons. The molecule has 2 heterocycles. The number of aromatic nitrogens is 2. The van der Waals surface area contributed by atoms with Gasteiger partial charge in [-0.1, -0.05) is 50.3 Å². The highest BCUT2D eigenvalue weighted by Gasteiger charge is 2.27. The lowest BCUT2D eigenvalue weighted by Crippen LogP contribution is -2.35. The molecule has 0 saturated carbocycles. The van der Waals surface area contributed by atoms with E-state index in [1.807, 2.05) is 50.3 Å². The van der Waals surface area contributed by atoms with Crippen LogP contribution in [0.1, 0.15) is 37.2 Å². The molecule has 2 N–H and O–H groups in total. The molecule has 0 bridgehead atoms. The van der Waals surface area contributed by atoms with Crippen molar-refractivity contribution in [3.63, 3.8) is 0 Å². The number of nitrogens with one attached hydrogen (secondary N) is 2. The van der Waals surface area contributed by atoms with Crippen LogP contribution in [0.25, 0.3) is 12.2 Å². The average Bonchev–Trinajstić information content (AvgIpc) is 3.09. The summed E-state index contributed by atoms with van der Waals surface area (Å²) in [7, 11) is 0. The summed E-state index contributed by atoms with van der Waals surface area (Å²) in [4.78, 5) is 32.3. The largest absolute Gasteiger partial charge is 0.347 e. The van der Waals surface area contributed by atoms with E-state index in [4.69, 9.17) is 0 Å². The zero-order valence-corrected chi connectivity index (χ0v) is 14.9. The summed E-state index contributed by atoms with van der Waals surface area (Å²) in [5.41, 5.74) is 2.75. The molecule has 1 aromatic heterocycles. The van der Waals surface area contributed by atoms with Gasteiger partial charge in [-0.3, -0.25) is 9.59 Å². The van der Waals surface area contributed by atoms with Gasteiger partial charge >= 0.3 is 0 Å². The summed E-state index contributed by atoms with van der Waals surface area (Å²) in [6, 6.07) is 9.42. The minimum absolute atomic E-state index is 0.0469. The standard InChI is InChI=1S/C21H21N3O2/c1-4-21(2,3)19-17(22-13-23-19)11-15-12-18(25)16(24-20(15)26)10-14-8-6-5-7-9-14/h4-11,13H,1,12H2,2-3H3,(H,22,23)(H,24,26)/b15-11+,16-10-. The number of hydrogen-bond donors (Lipinski definition) is 2. The number of allylic oxidation sites excluding steroid dienone is 2. The van der Waals surface area contributed by atoms with Gasteiger partial charge in [0.1, 0.15) is 0 Å². The Morgan fingerprint density at radius 2 is 1.88 bits per heavy atom. The Hall–Kier alpha value is -3.21. The molecule has 5 nitrogen and oxygen atoms in total. The molecule has 5 heteroatoms. The minimum atomic E-state index is -0.323. The topological polar surface area (TPSA) is 74.8 Å². The van der Waals surface area contributed by atoms with Gasteiger partial charge in [0, 0.05) is 17.4 Å². The smallest absolute Gasteiger partial charge is 0.252 e. The van der Waals surface area contributed by atoms with Gasteiger partial charge in [0.25, 0.3) is 5.91 Å². The molecule has 1 amide bonds. The lowest BCUT2D eigenvalue weighted by atomic mass is 9.87. The van der Waals surface area contributed by atoms with Gasteiger partial charge in [0.2, 0.25) is 0 Å². The molecule has 2 aromatic rings. The normalized spacial score (nSPS) is 18.2. The van der Waals surface area contributed by atoms with Crippen LogP contribution in [0.4, 0.5) is 0 Å². The predicted octanol–water partition coefficient (Wildman–Crippen LogP) is 3.39. The average molecular weight is 347 g/mol. The zero-order valence-electron chi connectivity index (χ0n) is 14.9. The van der Waals surface area contributed by atoms with E-state index in [9.17, 15) is 9.59 Å². The van der Waals surface area contributed by atoms with Gasteiger partial charge in [0.15, 0.2) is 5.78 Å². The molecule has 0 spiro atoms. The van der Waals surface area contributed by atoms with Crippen LogP contribution in [0.2, 0.25) is 0 Å². The van der Waals surface area contributed by atoms with E-state index in [0.717, 1.165) is 11.3 Å². The maximum absolute atomic E-state index is 12.5. The zero-order chi connectivity index (χ0) is 18.7. The number of H-pyrrole nitrogens is 1. The fourth-order valence-corrected chi connectivity index (χ4v) is 2.77. The first kappa shape index (κ1) is 17.6. The Bertz CT molecular complexity index is 918. The Labute approximate surface area is 152 Å². The molecule has 0 radical (unpaired) electrons. The van der Waals surface area contributed by atoms with E-state index < -0.39 is 0 Å². The molecule has 1 saturated heterocycles. The number of nitrogens with zero attached hydrogens (tertiary/aromatic N) is 1. The van der Waals surface area contributed by atoms with Crippen LogP contribution in [-0.4, -0.2) is 21.7 Å². The summed E-state index contributed by atoms with van der Waals surface area (Å²) in [6.45, 7) is 7.85. The minimum Gasteiger partial charge on any atom is -0.347 e. The number of amides is 1. The van der Waals surface area contributed by atoms with Gasteiger partial charge in [-0.25, -0.2) is 4.98 Å². The Balaban J connectivity index is 1.87. The summed E-state index contributed by atoms with van der Waals surface area (Å²) < 4.78 is 0. The number of benzene rings is 1. The number of imidazole rings is 1. The van der Waals surface area contributed by atoms with Crippen molar-refractivity contribution in [2.75, 3.05) is 0 Å². The van der Waals surface area contributed by atoms with E-state index in [-0.39, 0.29) is 23.5 Å². The molecule has 0 aliphatic carbocycles. The molecule has 1 aliphatic heterocycles. The summed E-state index contributed by atoms with van der Waals surface area (Å²) in [5, 5.41) is 2.70. The second kappa shape index (κ2) is 6.96. The fourth-order valence-electron chi connectivity index (χ4n) is 2.77. The first-order valence-electron chi connectivity index (χ1n) is 8.40. The second-order valence-electron chi connectivity index (χ2n) is 6.78. The van der Waals surface area contributed by atoms with Crippen LogP contribution in [0.15, 0.2) is 60.6 Å². The van der Waals surface area contributed by atoms with Crippen molar-refractivity contribution in [3.05, 3.63) is 77.5 Å². The first-order chi connectivity index (χ1) is 12.4. The molecular weight excluding hydrogens is 326 g/mol. The van der Waals surface area contributed by atoms with Gasteiger partial charge < -0.3 is 10.3 Å². The lowest BCUT2D eigenvalue weighted by Gasteiger charge is -2.20. The molecular formula is C21H21N3O2. The van der Waals surface area contributed by atoms with Crippen LogP contribution in [0.3, 0.4) is 0 Å². The van der Waals surface area contributed by atoms with Crippen LogP contribution in [-0.2, 0) is 15.0 Å². The number of carbonyl (C=O) groups excluding carboxylic acids is 2. The molecule has 1 aromatic carbocycles. The molecule has 1 aliphatic rings. The number of piperidine rings is 1. The van der Waals surface area contributed by atoms with Gasteiger partial charge in [-0.15, -0.1) is 6.58 Å². The van der Waals surface area contributed by atoms with Gasteiger partial charge in [0.05, 0.1) is 23.4 Å². The number of aromatic amines is 1. The number of carbonyl (C=O) groups is 2. The lowest BCUT2D eigenvalue weighted by molar-refractivity contribution is -0.123. The fraction of sp³-hybridized carbons (Fsp3) is 0.190. The van der Waals surface area contributed by atoms with Gasteiger partial charge in [-0.05, 0) is 17.7 Å². The Morgan fingerprint density at radius 3 is 2.58 bits per heavy atom.